The topological polar surface area (TPSA) is 54.0 Å². The SMILES string of the molecule is COc1cc(C=Cc2ccc(OC(=O)C(C)c3ccc4cc(OC)ccc4c3)cc2)cc(OC)c1. The molecular formula is C30H28O5. The molecule has 0 bridgehead atoms. The molecule has 0 amide bonds. The smallest absolute Gasteiger partial charge is 0.318 e. The van der Waals surface area contributed by atoms with Crippen molar-refractivity contribution in [2.24, 2.45) is 0 Å². The normalized spacial score (nSPS) is 11.9. The van der Waals surface area contributed by atoms with Gasteiger partial charge in [-0.05, 0) is 70.8 Å². The number of carbonyl (C=O) groups is 1. The van der Waals surface area contributed by atoms with Crippen LogP contribution >= 0.6 is 0 Å². The van der Waals surface area contributed by atoms with Crippen LogP contribution in [0.1, 0.15) is 29.5 Å². The van der Waals surface area contributed by atoms with E-state index in [0.717, 1.165) is 44.7 Å². The lowest BCUT2D eigenvalue weighted by molar-refractivity contribution is -0.135. The summed E-state index contributed by atoms with van der Waals surface area (Å²) < 4.78 is 21.6. The van der Waals surface area contributed by atoms with E-state index < -0.39 is 5.92 Å². The summed E-state index contributed by atoms with van der Waals surface area (Å²) in [6.07, 6.45) is 3.95. The first-order chi connectivity index (χ1) is 17.0. The van der Waals surface area contributed by atoms with Crippen molar-refractivity contribution in [1.82, 2.24) is 0 Å². The summed E-state index contributed by atoms with van der Waals surface area (Å²) in [5.41, 5.74) is 2.84. The molecule has 0 aliphatic heterocycles. The monoisotopic (exact) mass is 468 g/mol. The summed E-state index contributed by atoms with van der Waals surface area (Å²) in [6, 6.07) is 24.9. The second-order valence-electron chi connectivity index (χ2n) is 8.16. The van der Waals surface area contributed by atoms with Gasteiger partial charge in [-0.25, -0.2) is 0 Å². The lowest BCUT2D eigenvalue weighted by Gasteiger charge is -2.13. The zero-order chi connectivity index (χ0) is 24.8. The van der Waals surface area contributed by atoms with Crippen molar-refractivity contribution in [3.63, 3.8) is 0 Å². The second kappa shape index (κ2) is 10.8. The van der Waals surface area contributed by atoms with E-state index >= 15 is 0 Å². The van der Waals surface area contributed by atoms with Crippen LogP contribution in [0.25, 0.3) is 22.9 Å². The van der Waals surface area contributed by atoms with E-state index in [1.165, 1.54) is 0 Å². The summed E-state index contributed by atoms with van der Waals surface area (Å²) >= 11 is 0. The van der Waals surface area contributed by atoms with Crippen LogP contribution < -0.4 is 18.9 Å². The van der Waals surface area contributed by atoms with Crippen molar-refractivity contribution < 1.29 is 23.7 Å². The Morgan fingerprint density at radius 2 is 1.20 bits per heavy atom. The molecule has 4 rings (SSSR count). The number of methoxy groups -OCH3 is 3. The first kappa shape index (κ1) is 23.9. The fourth-order valence-corrected chi connectivity index (χ4v) is 3.74. The van der Waals surface area contributed by atoms with Crippen LogP contribution in [-0.4, -0.2) is 27.3 Å². The first-order valence-electron chi connectivity index (χ1n) is 11.3. The molecule has 1 unspecified atom stereocenters. The minimum Gasteiger partial charge on any atom is -0.497 e. The van der Waals surface area contributed by atoms with Crippen molar-refractivity contribution in [3.05, 3.63) is 95.6 Å². The largest absolute Gasteiger partial charge is 0.497 e. The fourth-order valence-electron chi connectivity index (χ4n) is 3.74. The van der Waals surface area contributed by atoms with Gasteiger partial charge in [-0.2, -0.15) is 0 Å². The van der Waals surface area contributed by atoms with E-state index in [-0.39, 0.29) is 5.97 Å². The average molecular weight is 469 g/mol. The molecule has 0 heterocycles. The van der Waals surface area contributed by atoms with Gasteiger partial charge in [0.05, 0.1) is 27.2 Å². The van der Waals surface area contributed by atoms with E-state index in [0.29, 0.717) is 5.75 Å². The highest BCUT2D eigenvalue weighted by Crippen LogP contribution is 2.27. The summed E-state index contributed by atoms with van der Waals surface area (Å²) in [7, 11) is 4.90. The molecule has 0 aliphatic rings. The number of ether oxygens (including phenoxy) is 4. The van der Waals surface area contributed by atoms with Crippen LogP contribution in [0, 0.1) is 0 Å². The summed E-state index contributed by atoms with van der Waals surface area (Å²) in [5, 5.41) is 2.11. The van der Waals surface area contributed by atoms with Crippen LogP contribution in [0.15, 0.2) is 78.9 Å². The average Bonchev–Trinajstić information content (AvgIpc) is 2.91. The number of carbonyl (C=O) groups excluding carboxylic acids is 1. The fraction of sp³-hybridized carbons (Fsp3) is 0.167. The summed E-state index contributed by atoms with van der Waals surface area (Å²) in [6.45, 7) is 1.85. The van der Waals surface area contributed by atoms with Gasteiger partial charge in [-0.15, -0.1) is 0 Å². The Labute approximate surface area is 205 Å². The second-order valence-corrected chi connectivity index (χ2v) is 8.16. The maximum absolute atomic E-state index is 12.8. The molecule has 4 aromatic carbocycles. The first-order valence-corrected chi connectivity index (χ1v) is 11.3. The van der Waals surface area contributed by atoms with Crippen molar-refractivity contribution in [1.29, 1.82) is 0 Å². The van der Waals surface area contributed by atoms with E-state index in [2.05, 4.69) is 0 Å². The van der Waals surface area contributed by atoms with Gasteiger partial charge >= 0.3 is 5.97 Å². The maximum atomic E-state index is 12.8. The van der Waals surface area contributed by atoms with Crippen molar-refractivity contribution in [2.75, 3.05) is 21.3 Å². The third kappa shape index (κ3) is 5.82. The molecule has 0 saturated carbocycles. The predicted octanol–water partition coefficient (Wildman–Crippen LogP) is 6.75. The van der Waals surface area contributed by atoms with E-state index in [9.17, 15) is 4.79 Å². The molecular weight excluding hydrogens is 440 g/mol. The standard InChI is InChI=1S/C30H28O5/c1-20(23-9-10-25-18-27(32-2)14-11-24(25)17-23)30(31)35-26-12-7-21(8-13-26)5-6-22-15-28(33-3)19-29(16-22)34-4/h5-20H,1-4H3. The van der Waals surface area contributed by atoms with Gasteiger partial charge in [-0.1, -0.05) is 48.6 Å². The van der Waals surface area contributed by atoms with Crippen LogP contribution in [0.5, 0.6) is 23.0 Å². The van der Waals surface area contributed by atoms with E-state index in [1.807, 2.05) is 85.8 Å². The Bertz CT molecular complexity index is 1330. The Morgan fingerprint density at radius 1 is 0.629 bits per heavy atom. The van der Waals surface area contributed by atoms with Crippen molar-refractivity contribution in [3.8, 4) is 23.0 Å². The Morgan fingerprint density at radius 3 is 1.86 bits per heavy atom. The molecule has 4 aromatic rings. The number of rotatable bonds is 8. The number of hydrogen-bond acceptors (Lipinski definition) is 5. The molecule has 1 atom stereocenters. The van der Waals surface area contributed by atoms with Crippen LogP contribution in [0.2, 0.25) is 0 Å². The van der Waals surface area contributed by atoms with Crippen LogP contribution in [0.4, 0.5) is 0 Å². The van der Waals surface area contributed by atoms with Gasteiger partial charge in [0.1, 0.15) is 23.0 Å². The molecule has 35 heavy (non-hydrogen) atoms. The lowest BCUT2D eigenvalue weighted by Crippen LogP contribution is -2.16. The summed E-state index contributed by atoms with van der Waals surface area (Å²) in [4.78, 5) is 12.8. The molecule has 5 heteroatoms. The quantitative estimate of drug-likeness (QED) is 0.163. The Kier molecular flexibility index (Phi) is 7.36. The molecule has 0 aliphatic carbocycles. The molecule has 0 saturated heterocycles. The molecule has 0 fully saturated rings. The van der Waals surface area contributed by atoms with E-state index in [1.54, 1.807) is 33.5 Å². The zero-order valence-electron chi connectivity index (χ0n) is 20.3. The molecule has 0 aromatic heterocycles. The van der Waals surface area contributed by atoms with Crippen LogP contribution in [-0.2, 0) is 4.79 Å². The predicted molar refractivity (Wildman–Crippen MR) is 139 cm³/mol. The van der Waals surface area contributed by atoms with E-state index in [4.69, 9.17) is 18.9 Å². The molecule has 0 radical (unpaired) electrons. The number of benzene rings is 4. The molecule has 5 nitrogen and oxygen atoms in total. The van der Waals surface area contributed by atoms with Crippen molar-refractivity contribution >= 4 is 28.9 Å². The van der Waals surface area contributed by atoms with Gasteiger partial charge in [-0.3, -0.25) is 4.79 Å². The zero-order valence-corrected chi connectivity index (χ0v) is 20.3. The Hall–Kier alpha value is -4.25. The highest BCUT2D eigenvalue weighted by Gasteiger charge is 2.18. The van der Waals surface area contributed by atoms with Gasteiger partial charge in [0.15, 0.2) is 0 Å². The molecule has 178 valence electrons. The number of esters is 1. The highest BCUT2D eigenvalue weighted by atomic mass is 16.5. The molecule has 0 spiro atoms. The minimum atomic E-state index is -0.399. The highest BCUT2D eigenvalue weighted by molar-refractivity contribution is 5.87. The summed E-state index contributed by atoms with van der Waals surface area (Å²) in [5.74, 6) is 2.07. The maximum Gasteiger partial charge on any atom is 0.318 e. The number of hydrogen-bond donors (Lipinski definition) is 0. The Balaban J connectivity index is 1.42. The van der Waals surface area contributed by atoms with Crippen molar-refractivity contribution in [2.45, 2.75) is 12.8 Å². The number of fused-ring (bicyclic) bond motifs is 1. The molecule has 0 N–H and O–H groups in total. The van der Waals surface area contributed by atoms with Gasteiger partial charge in [0.25, 0.3) is 0 Å². The van der Waals surface area contributed by atoms with Gasteiger partial charge < -0.3 is 18.9 Å². The van der Waals surface area contributed by atoms with Gasteiger partial charge in [0, 0.05) is 6.07 Å². The third-order valence-electron chi connectivity index (χ3n) is 5.87. The minimum absolute atomic E-state index is 0.301. The van der Waals surface area contributed by atoms with Gasteiger partial charge in [0.2, 0.25) is 0 Å². The van der Waals surface area contributed by atoms with Crippen LogP contribution in [0.3, 0.4) is 0 Å². The lowest BCUT2D eigenvalue weighted by atomic mass is 9.98. The third-order valence-corrected chi connectivity index (χ3v) is 5.87.